The van der Waals surface area contributed by atoms with Gasteiger partial charge in [0.05, 0.1) is 0 Å². The molecule has 2 aromatic rings. The summed E-state index contributed by atoms with van der Waals surface area (Å²) in [6.07, 6.45) is 1.39. The largest absolute Gasteiger partial charge is 0.357 e. The van der Waals surface area contributed by atoms with E-state index >= 15 is 0 Å². The lowest BCUT2D eigenvalue weighted by Crippen LogP contribution is -2.48. The fourth-order valence-electron chi connectivity index (χ4n) is 3.51. The number of carbonyl (C=O) groups excluding carboxylic acids is 2. The summed E-state index contributed by atoms with van der Waals surface area (Å²) in [5.74, 6) is -0.306. The van der Waals surface area contributed by atoms with Gasteiger partial charge in [-0.1, -0.05) is 81.2 Å². The summed E-state index contributed by atoms with van der Waals surface area (Å²) in [7, 11) is 1.58. The summed E-state index contributed by atoms with van der Waals surface area (Å²) in [5, 5.41) is 3.62. The molecule has 6 heteroatoms. The fraction of sp³-hybridized carbons (Fsp3) is 0.440. The van der Waals surface area contributed by atoms with Gasteiger partial charge in [-0.2, -0.15) is 0 Å². The van der Waals surface area contributed by atoms with Gasteiger partial charge in [-0.25, -0.2) is 0 Å². The van der Waals surface area contributed by atoms with Crippen LogP contribution >= 0.6 is 23.2 Å². The van der Waals surface area contributed by atoms with Crippen molar-refractivity contribution in [3.63, 3.8) is 0 Å². The van der Waals surface area contributed by atoms with Crippen molar-refractivity contribution in [3.8, 4) is 0 Å². The zero-order chi connectivity index (χ0) is 23.2. The monoisotopic (exact) mass is 462 g/mol. The van der Waals surface area contributed by atoms with Gasteiger partial charge in [-0.3, -0.25) is 9.59 Å². The number of rotatable bonds is 8. The highest BCUT2D eigenvalue weighted by Gasteiger charge is 2.29. The molecule has 0 bridgehead atoms. The summed E-state index contributed by atoms with van der Waals surface area (Å²) in [4.78, 5) is 27.3. The minimum atomic E-state index is -0.590. The van der Waals surface area contributed by atoms with Crippen molar-refractivity contribution in [3.05, 3.63) is 69.2 Å². The number of carbonyl (C=O) groups is 2. The smallest absolute Gasteiger partial charge is 0.242 e. The molecular formula is C25H32Cl2N2O2. The summed E-state index contributed by atoms with van der Waals surface area (Å²) >= 11 is 12.7. The SMILES string of the molecule is CC[C@H](C(=O)NC)N(Cc1c(Cl)cccc1Cl)C(=O)CCc1ccc(C(C)(C)C)cc1. The Hall–Kier alpha value is -2.04. The van der Waals surface area contributed by atoms with E-state index in [1.54, 1.807) is 30.1 Å². The van der Waals surface area contributed by atoms with Crippen LogP contribution in [0.3, 0.4) is 0 Å². The molecule has 0 aromatic heterocycles. The number of benzene rings is 2. The number of hydrogen-bond acceptors (Lipinski definition) is 2. The molecule has 0 saturated heterocycles. The van der Waals surface area contributed by atoms with Crippen molar-refractivity contribution < 1.29 is 9.59 Å². The van der Waals surface area contributed by atoms with Crippen molar-refractivity contribution in [2.75, 3.05) is 7.05 Å². The molecule has 0 aliphatic rings. The second-order valence-corrected chi connectivity index (χ2v) is 9.52. The average molecular weight is 463 g/mol. The number of halogens is 2. The highest BCUT2D eigenvalue weighted by molar-refractivity contribution is 6.36. The summed E-state index contributed by atoms with van der Waals surface area (Å²) in [6.45, 7) is 8.60. The standard InChI is InChI=1S/C25H32Cl2N2O2/c1-6-22(24(31)28-5)29(16-19-20(26)8-7-9-21(19)27)23(30)15-12-17-10-13-18(14-11-17)25(2,3)4/h7-11,13-14,22H,6,12,15-16H2,1-5H3,(H,28,31)/t22-/m1/s1. The first-order valence-electron chi connectivity index (χ1n) is 10.6. The first kappa shape index (κ1) is 25.2. The number of nitrogens with zero attached hydrogens (tertiary/aromatic N) is 1. The third kappa shape index (κ3) is 6.72. The minimum Gasteiger partial charge on any atom is -0.357 e. The Balaban J connectivity index is 2.22. The number of nitrogens with one attached hydrogen (secondary N) is 1. The maximum atomic E-state index is 13.3. The number of amides is 2. The van der Waals surface area contributed by atoms with Crippen LogP contribution in [0.25, 0.3) is 0 Å². The van der Waals surface area contributed by atoms with Gasteiger partial charge in [-0.05, 0) is 41.5 Å². The van der Waals surface area contributed by atoms with Crippen LogP contribution in [-0.2, 0) is 28.0 Å². The molecule has 2 rings (SSSR count). The summed E-state index contributed by atoms with van der Waals surface area (Å²) in [6, 6.07) is 13.0. The van der Waals surface area contributed by atoms with E-state index in [1.165, 1.54) is 5.56 Å². The molecule has 0 aliphatic heterocycles. The van der Waals surface area contributed by atoms with Crippen LogP contribution in [0.2, 0.25) is 10.0 Å². The van der Waals surface area contributed by atoms with Gasteiger partial charge >= 0.3 is 0 Å². The van der Waals surface area contributed by atoms with E-state index in [1.807, 2.05) is 6.92 Å². The topological polar surface area (TPSA) is 49.4 Å². The Morgan fingerprint density at radius 1 is 1.03 bits per heavy atom. The second kappa shape index (κ2) is 11.0. The van der Waals surface area contributed by atoms with E-state index in [0.29, 0.717) is 34.9 Å². The Labute approximate surface area is 195 Å². The van der Waals surface area contributed by atoms with Gasteiger partial charge in [0.25, 0.3) is 0 Å². The van der Waals surface area contributed by atoms with E-state index < -0.39 is 6.04 Å². The highest BCUT2D eigenvalue weighted by atomic mass is 35.5. The molecule has 4 nitrogen and oxygen atoms in total. The average Bonchev–Trinajstić information content (AvgIpc) is 2.73. The molecule has 1 atom stereocenters. The lowest BCUT2D eigenvalue weighted by atomic mass is 9.86. The maximum absolute atomic E-state index is 13.3. The maximum Gasteiger partial charge on any atom is 0.242 e. The molecule has 2 amide bonds. The van der Waals surface area contributed by atoms with Crippen molar-refractivity contribution in [2.24, 2.45) is 0 Å². The number of aryl methyl sites for hydroxylation is 1. The molecule has 31 heavy (non-hydrogen) atoms. The summed E-state index contributed by atoms with van der Waals surface area (Å²) < 4.78 is 0. The van der Waals surface area contributed by atoms with Crippen molar-refractivity contribution in [2.45, 2.75) is 65.0 Å². The second-order valence-electron chi connectivity index (χ2n) is 8.71. The van der Waals surface area contributed by atoms with E-state index in [4.69, 9.17) is 23.2 Å². The number of hydrogen-bond donors (Lipinski definition) is 1. The molecule has 168 valence electrons. The van der Waals surface area contributed by atoms with E-state index in [0.717, 1.165) is 5.56 Å². The third-order valence-electron chi connectivity index (χ3n) is 5.47. The normalized spacial score (nSPS) is 12.4. The fourth-order valence-corrected chi connectivity index (χ4v) is 4.02. The Kier molecular flexibility index (Phi) is 8.96. The number of likely N-dealkylation sites (N-methyl/N-ethyl adjacent to an activating group) is 1. The van der Waals surface area contributed by atoms with Crippen LogP contribution in [0.1, 0.15) is 57.2 Å². The molecule has 1 N–H and O–H groups in total. The van der Waals surface area contributed by atoms with Crippen molar-refractivity contribution in [1.29, 1.82) is 0 Å². The molecule has 0 radical (unpaired) electrons. The lowest BCUT2D eigenvalue weighted by Gasteiger charge is -2.31. The van der Waals surface area contributed by atoms with Crippen LogP contribution in [0.4, 0.5) is 0 Å². The molecule has 0 saturated carbocycles. The Morgan fingerprint density at radius 3 is 2.10 bits per heavy atom. The van der Waals surface area contributed by atoms with Crippen LogP contribution in [0.15, 0.2) is 42.5 Å². The van der Waals surface area contributed by atoms with Crippen LogP contribution in [0.5, 0.6) is 0 Å². The molecule has 2 aromatic carbocycles. The van der Waals surface area contributed by atoms with Gasteiger partial charge in [0.2, 0.25) is 11.8 Å². The molecular weight excluding hydrogens is 431 g/mol. The van der Waals surface area contributed by atoms with Gasteiger partial charge < -0.3 is 10.2 Å². The van der Waals surface area contributed by atoms with Crippen molar-refractivity contribution in [1.82, 2.24) is 10.2 Å². The molecule has 0 heterocycles. The quantitative estimate of drug-likeness (QED) is 0.540. The predicted molar refractivity (Wildman–Crippen MR) is 129 cm³/mol. The van der Waals surface area contributed by atoms with E-state index in [9.17, 15) is 9.59 Å². The van der Waals surface area contributed by atoms with Gasteiger partial charge in [0, 0.05) is 35.6 Å². The van der Waals surface area contributed by atoms with E-state index in [-0.39, 0.29) is 23.8 Å². The summed E-state index contributed by atoms with van der Waals surface area (Å²) in [5.41, 5.74) is 3.07. The highest BCUT2D eigenvalue weighted by Crippen LogP contribution is 2.27. The van der Waals surface area contributed by atoms with E-state index in [2.05, 4.69) is 50.4 Å². The van der Waals surface area contributed by atoms with Crippen LogP contribution < -0.4 is 5.32 Å². The minimum absolute atomic E-state index is 0.0846. The third-order valence-corrected chi connectivity index (χ3v) is 6.18. The first-order chi connectivity index (χ1) is 14.6. The first-order valence-corrected chi connectivity index (χ1v) is 11.4. The molecule has 0 unspecified atom stereocenters. The lowest BCUT2D eigenvalue weighted by molar-refractivity contribution is -0.141. The zero-order valence-electron chi connectivity index (χ0n) is 19.0. The Morgan fingerprint density at radius 2 is 1.61 bits per heavy atom. The van der Waals surface area contributed by atoms with Crippen LogP contribution in [0, 0.1) is 0 Å². The van der Waals surface area contributed by atoms with Gasteiger partial charge in [-0.15, -0.1) is 0 Å². The van der Waals surface area contributed by atoms with Gasteiger partial charge in [0.1, 0.15) is 6.04 Å². The van der Waals surface area contributed by atoms with Crippen LogP contribution in [-0.4, -0.2) is 29.8 Å². The predicted octanol–water partition coefficient (Wildman–Crippen LogP) is 5.78. The molecule has 0 fully saturated rings. The molecule has 0 spiro atoms. The zero-order valence-corrected chi connectivity index (χ0v) is 20.5. The Bertz CT molecular complexity index is 884. The van der Waals surface area contributed by atoms with Crippen molar-refractivity contribution >= 4 is 35.0 Å². The molecule has 0 aliphatic carbocycles. The van der Waals surface area contributed by atoms with Gasteiger partial charge in [0.15, 0.2) is 0 Å².